The highest BCUT2D eigenvalue weighted by molar-refractivity contribution is 8.03. The molecule has 1 nitrogen and oxygen atoms in total. The fourth-order valence-electron chi connectivity index (χ4n) is 1.89. The maximum Gasteiger partial charge on any atom is 0.0683 e. The Morgan fingerprint density at radius 1 is 1.18 bits per heavy atom. The molecule has 0 aliphatic carbocycles. The van der Waals surface area contributed by atoms with E-state index >= 15 is 0 Å². The first-order chi connectivity index (χ1) is 8.26. The lowest BCUT2D eigenvalue weighted by Crippen LogP contribution is -2.01. The van der Waals surface area contributed by atoms with Gasteiger partial charge in [-0.15, -0.1) is 0 Å². The van der Waals surface area contributed by atoms with E-state index in [1.807, 2.05) is 7.05 Å². The van der Waals surface area contributed by atoms with Crippen LogP contribution >= 0.6 is 11.8 Å². The molecule has 0 heterocycles. The van der Waals surface area contributed by atoms with Crippen LogP contribution in [0.25, 0.3) is 10.8 Å². The van der Waals surface area contributed by atoms with Crippen LogP contribution in [0.5, 0.6) is 0 Å². The molecule has 17 heavy (non-hydrogen) atoms. The van der Waals surface area contributed by atoms with Crippen molar-refractivity contribution >= 4 is 22.5 Å². The Morgan fingerprint density at radius 2 is 1.94 bits per heavy atom. The summed E-state index contributed by atoms with van der Waals surface area (Å²) in [6.45, 7) is 4.24. The molecule has 2 aromatic carbocycles. The minimum Gasteiger partial charge on any atom is -0.383 e. The lowest BCUT2D eigenvalue weighted by molar-refractivity contribution is 1.07. The Bertz CT molecular complexity index is 558. The van der Waals surface area contributed by atoms with Gasteiger partial charge in [0.1, 0.15) is 0 Å². The van der Waals surface area contributed by atoms with Gasteiger partial charge in [0.15, 0.2) is 0 Å². The van der Waals surface area contributed by atoms with Crippen molar-refractivity contribution in [2.24, 2.45) is 0 Å². The molecule has 88 valence electrons. The minimum atomic E-state index is 1.18. The maximum absolute atomic E-state index is 3.20. The zero-order chi connectivity index (χ0) is 12.3. The second kappa shape index (κ2) is 5.28. The van der Waals surface area contributed by atoms with E-state index < -0.39 is 0 Å². The Balaban J connectivity index is 2.46. The molecule has 2 heteroatoms. The normalized spacial score (nSPS) is 11.8. The first-order valence-corrected chi connectivity index (χ1v) is 6.58. The van der Waals surface area contributed by atoms with Gasteiger partial charge in [-0.3, -0.25) is 0 Å². The molecule has 0 aliphatic heterocycles. The summed E-state index contributed by atoms with van der Waals surface area (Å²) in [7, 11) is 1.96. The Hall–Kier alpha value is -1.41. The molecule has 0 saturated carbocycles. The number of fused-ring (bicyclic) bond motifs is 1. The fraction of sp³-hybridized carbons (Fsp3) is 0.200. The Kier molecular flexibility index (Phi) is 3.75. The van der Waals surface area contributed by atoms with Crippen molar-refractivity contribution in [2.75, 3.05) is 7.05 Å². The van der Waals surface area contributed by atoms with Crippen molar-refractivity contribution in [3.8, 4) is 0 Å². The van der Waals surface area contributed by atoms with E-state index in [0.29, 0.717) is 0 Å². The largest absolute Gasteiger partial charge is 0.383 e. The summed E-state index contributed by atoms with van der Waals surface area (Å²) in [4.78, 5) is 1.31. The lowest BCUT2D eigenvalue weighted by Gasteiger charge is -2.10. The van der Waals surface area contributed by atoms with E-state index in [9.17, 15) is 0 Å². The van der Waals surface area contributed by atoms with Crippen molar-refractivity contribution in [3.05, 3.63) is 53.1 Å². The number of nitrogens with one attached hydrogen (secondary N) is 1. The summed E-state index contributed by atoms with van der Waals surface area (Å²) in [5.74, 6) is 0. The van der Waals surface area contributed by atoms with E-state index in [2.05, 4.69) is 61.6 Å². The number of hydrogen-bond acceptors (Lipinski definition) is 2. The predicted molar refractivity (Wildman–Crippen MR) is 77.4 cm³/mol. The first kappa shape index (κ1) is 12.1. The average molecular weight is 243 g/mol. The molecule has 0 bridgehead atoms. The van der Waals surface area contributed by atoms with Gasteiger partial charge in [0.2, 0.25) is 0 Å². The molecule has 0 atom stereocenters. The van der Waals surface area contributed by atoms with Crippen LogP contribution in [0.1, 0.15) is 12.5 Å². The number of benzene rings is 2. The molecule has 0 unspecified atom stereocenters. The second-order valence-corrected chi connectivity index (χ2v) is 5.00. The second-order valence-electron chi connectivity index (χ2n) is 3.91. The van der Waals surface area contributed by atoms with Gasteiger partial charge < -0.3 is 5.32 Å². The van der Waals surface area contributed by atoms with Crippen LogP contribution in [-0.4, -0.2) is 7.05 Å². The number of hydrogen-bond donors (Lipinski definition) is 1. The number of thioether (sulfide) groups is 1. The summed E-state index contributed by atoms with van der Waals surface area (Å²) in [5, 5.41) is 7.03. The molecule has 1 N–H and O–H groups in total. The van der Waals surface area contributed by atoms with Crippen LogP contribution in [0.3, 0.4) is 0 Å². The molecule has 0 aliphatic rings. The number of aryl methyl sites for hydroxylation is 1. The summed E-state index contributed by atoms with van der Waals surface area (Å²) in [5.41, 5.74) is 1.35. The van der Waals surface area contributed by atoms with Crippen molar-refractivity contribution in [1.82, 2.24) is 5.32 Å². The van der Waals surface area contributed by atoms with E-state index in [4.69, 9.17) is 0 Å². The van der Waals surface area contributed by atoms with Crippen LogP contribution in [0.2, 0.25) is 0 Å². The zero-order valence-electron chi connectivity index (χ0n) is 10.4. The Morgan fingerprint density at radius 3 is 2.65 bits per heavy atom. The Labute approximate surface area is 107 Å². The topological polar surface area (TPSA) is 12.0 Å². The highest BCUT2D eigenvalue weighted by Crippen LogP contribution is 2.32. The standard InChI is InChI=1S/C15H17NS/c1-4-15(16-3)17-14-10-9-12-7-5-6-8-13(12)11(14)2/h4-10,16H,1-3H3. The van der Waals surface area contributed by atoms with Crippen LogP contribution in [-0.2, 0) is 0 Å². The molecule has 0 amide bonds. The third-order valence-corrected chi connectivity index (χ3v) is 4.20. The zero-order valence-corrected chi connectivity index (χ0v) is 11.3. The van der Waals surface area contributed by atoms with Gasteiger partial charge in [-0.25, -0.2) is 0 Å². The average Bonchev–Trinajstić information content (AvgIpc) is 2.38. The highest BCUT2D eigenvalue weighted by atomic mass is 32.2. The molecule has 0 radical (unpaired) electrons. The SMILES string of the molecule is CC=C(NC)Sc1ccc2ccccc2c1C. The molecular formula is C15H17NS. The molecular weight excluding hydrogens is 226 g/mol. The fourth-order valence-corrected chi connectivity index (χ4v) is 2.75. The summed E-state index contributed by atoms with van der Waals surface area (Å²) in [6, 6.07) is 12.9. The molecule has 0 aromatic heterocycles. The smallest absolute Gasteiger partial charge is 0.0683 e. The van der Waals surface area contributed by atoms with Crippen LogP contribution < -0.4 is 5.32 Å². The highest BCUT2D eigenvalue weighted by Gasteiger charge is 2.05. The van der Waals surface area contributed by atoms with Gasteiger partial charge in [0.25, 0.3) is 0 Å². The monoisotopic (exact) mass is 243 g/mol. The maximum atomic E-state index is 3.20. The van der Waals surface area contributed by atoms with Crippen molar-refractivity contribution in [2.45, 2.75) is 18.7 Å². The van der Waals surface area contributed by atoms with E-state index in [1.54, 1.807) is 11.8 Å². The molecule has 0 saturated heterocycles. The van der Waals surface area contributed by atoms with Crippen molar-refractivity contribution in [1.29, 1.82) is 0 Å². The van der Waals surface area contributed by atoms with Gasteiger partial charge in [0.05, 0.1) is 5.03 Å². The van der Waals surface area contributed by atoms with E-state index in [-0.39, 0.29) is 0 Å². The van der Waals surface area contributed by atoms with Gasteiger partial charge >= 0.3 is 0 Å². The van der Waals surface area contributed by atoms with Crippen LogP contribution in [0.4, 0.5) is 0 Å². The molecule has 0 fully saturated rings. The van der Waals surface area contributed by atoms with E-state index in [1.165, 1.54) is 26.3 Å². The quantitative estimate of drug-likeness (QED) is 0.806. The molecule has 2 rings (SSSR count). The predicted octanol–water partition coefficient (Wildman–Crippen LogP) is 4.32. The van der Waals surface area contributed by atoms with Gasteiger partial charge in [-0.2, -0.15) is 0 Å². The summed E-state index contributed by atoms with van der Waals surface area (Å²) >= 11 is 1.78. The number of rotatable bonds is 3. The van der Waals surface area contributed by atoms with Gasteiger partial charge in [0, 0.05) is 11.9 Å². The first-order valence-electron chi connectivity index (χ1n) is 5.76. The van der Waals surface area contributed by atoms with Gasteiger partial charge in [-0.1, -0.05) is 48.2 Å². The minimum absolute atomic E-state index is 1.18. The molecule has 2 aromatic rings. The third-order valence-electron chi connectivity index (χ3n) is 2.88. The summed E-state index contributed by atoms with van der Waals surface area (Å²) < 4.78 is 0. The van der Waals surface area contributed by atoms with Gasteiger partial charge in [-0.05, 0) is 36.2 Å². The number of allylic oxidation sites excluding steroid dienone is 1. The lowest BCUT2D eigenvalue weighted by atomic mass is 10.1. The van der Waals surface area contributed by atoms with E-state index in [0.717, 1.165) is 0 Å². The molecule has 0 spiro atoms. The van der Waals surface area contributed by atoms with Crippen LogP contribution in [0, 0.1) is 6.92 Å². The van der Waals surface area contributed by atoms with Crippen molar-refractivity contribution < 1.29 is 0 Å². The van der Waals surface area contributed by atoms with Crippen LogP contribution in [0.15, 0.2) is 52.4 Å². The summed E-state index contributed by atoms with van der Waals surface area (Å²) in [6.07, 6.45) is 2.10. The van der Waals surface area contributed by atoms with Crippen molar-refractivity contribution in [3.63, 3.8) is 0 Å². The third kappa shape index (κ3) is 2.47.